The average Bonchev–Trinajstić information content (AvgIpc) is 3.96. The molecule has 0 aliphatic rings. The van der Waals surface area contributed by atoms with E-state index in [1.54, 1.807) is 12.4 Å². The SMILES string of the molecule is c1ccc2c(-c3ccc(-c4ccc5c(-c6ccc(-c7cnco7)cc6)c6ccccc6c(-c6ccc(-c7cnco7)cc6)c5c4)cc3)cccc2c1. The van der Waals surface area contributed by atoms with Gasteiger partial charge >= 0.3 is 0 Å². The van der Waals surface area contributed by atoms with Crippen molar-refractivity contribution < 1.29 is 8.83 Å². The zero-order valence-corrected chi connectivity index (χ0v) is 28.0. The van der Waals surface area contributed by atoms with Crippen LogP contribution in [0.2, 0.25) is 0 Å². The standard InChI is InChI=1S/C48H30N2O2/c1-2-8-39-32(6-1)7-5-11-40(39)33-14-12-31(13-15-33)38-24-25-43-44(26-38)48(37-22-18-35(19-23-37)46-28-50-30-52-46)42-10-4-3-9-41(42)47(43)36-20-16-34(17-21-36)45-27-49-29-51-45/h1-30H. The predicted molar refractivity (Wildman–Crippen MR) is 212 cm³/mol. The monoisotopic (exact) mass is 666 g/mol. The minimum atomic E-state index is 0.750. The van der Waals surface area contributed by atoms with Crippen molar-refractivity contribution in [2.75, 3.05) is 0 Å². The molecule has 10 rings (SSSR count). The molecule has 10 aromatic rings. The zero-order valence-electron chi connectivity index (χ0n) is 28.0. The zero-order chi connectivity index (χ0) is 34.4. The normalized spacial score (nSPS) is 11.5. The van der Waals surface area contributed by atoms with Crippen molar-refractivity contribution in [2.45, 2.75) is 0 Å². The molecule has 0 N–H and O–H groups in total. The number of benzene rings is 8. The number of rotatable bonds is 6. The van der Waals surface area contributed by atoms with Gasteiger partial charge in [0.15, 0.2) is 24.3 Å². The van der Waals surface area contributed by atoms with E-state index < -0.39 is 0 Å². The number of hydrogen-bond donors (Lipinski definition) is 0. The van der Waals surface area contributed by atoms with Crippen molar-refractivity contribution in [3.05, 3.63) is 183 Å². The molecule has 2 aromatic heterocycles. The maximum atomic E-state index is 5.60. The first kappa shape index (κ1) is 29.8. The average molecular weight is 667 g/mol. The Morgan fingerprint density at radius 2 is 0.788 bits per heavy atom. The lowest BCUT2D eigenvalue weighted by Crippen LogP contribution is -1.92. The molecule has 52 heavy (non-hydrogen) atoms. The van der Waals surface area contributed by atoms with Crippen LogP contribution in [0.25, 0.3) is 99.5 Å². The Labute approximate surface area is 300 Å². The smallest absolute Gasteiger partial charge is 0.181 e. The quantitative estimate of drug-likeness (QED) is 0.166. The van der Waals surface area contributed by atoms with Gasteiger partial charge in [-0.15, -0.1) is 0 Å². The molecule has 244 valence electrons. The van der Waals surface area contributed by atoms with Gasteiger partial charge in [-0.25, -0.2) is 9.97 Å². The Hall–Kier alpha value is -7.04. The van der Waals surface area contributed by atoms with Crippen molar-refractivity contribution in [3.63, 3.8) is 0 Å². The molecule has 2 heterocycles. The molecular formula is C48H30N2O2. The summed E-state index contributed by atoms with van der Waals surface area (Å²) < 4.78 is 11.2. The van der Waals surface area contributed by atoms with Crippen LogP contribution in [0.5, 0.6) is 0 Å². The summed E-state index contributed by atoms with van der Waals surface area (Å²) in [7, 11) is 0. The van der Waals surface area contributed by atoms with Gasteiger partial charge in [-0.05, 0) is 82.9 Å². The summed E-state index contributed by atoms with van der Waals surface area (Å²) in [6.07, 6.45) is 6.44. The molecule has 4 nitrogen and oxygen atoms in total. The molecule has 0 fully saturated rings. The highest BCUT2D eigenvalue weighted by Gasteiger charge is 2.18. The summed E-state index contributed by atoms with van der Waals surface area (Å²) in [5.41, 5.74) is 11.4. The molecule has 4 heteroatoms. The number of hydrogen-bond acceptors (Lipinski definition) is 4. The van der Waals surface area contributed by atoms with Crippen LogP contribution in [0.4, 0.5) is 0 Å². The Morgan fingerprint density at radius 3 is 1.38 bits per heavy atom. The molecule has 0 spiro atoms. The third-order valence-electron chi connectivity index (χ3n) is 10.1. The van der Waals surface area contributed by atoms with Crippen LogP contribution in [-0.4, -0.2) is 9.97 Å². The van der Waals surface area contributed by atoms with Gasteiger partial charge in [0.1, 0.15) is 0 Å². The minimum absolute atomic E-state index is 0.750. The van der Waals surface area contributed by atoms with Crippen LogP contribution in [-0.2, 0) is 0 Å². The molecule has 0 saturated carbocycles. The largest absolute Gasteiger partial charge is 0.444 e. The lowest BCUT2D eigenvalue weighted by molar-refractivity contribution is 0.571. The maximum absolute atomic E-state index is 5.60. The molecule has 0 amide bonds. The van der Waals surface area contributed by atoms with Crippen LogP contribution in [0.3, 0.4) is 0 Å². The second kappa shape index (κ2) is 12.4. The van der Waals surface area contributed by atoms with Crippen molar-refractivity contribution in [3.8, 4) is 67.2 Å². The van der Waals surface area contributed by atoms with Gasteiger partial charge in [0.25, 0.3) is 0 Å². The summed E-state index contributed by atoms with van der Waals surface area (Å²) in [5, 5.41) is 7.28. The van der Waals surface area contributed by atoms with Crippen molar-refractivity contribution in [1.29, 1.82) is 0 Å². The Kier molecular flexibility index (Phi) is 7.10. The van der Waals surface area contributed by atoms with Crippen molar-refractivity contribution in [1.82, 2.24) is 9.97 Å². The molecule has 8 aromatic carbocycles. The van der Waals surface area contributed by atoms with E-state index in [-0.39, 0.29) is 0 Å². The van der Waals surface area contributed by atoms with Gasteiger partial charge < -0.3 is 8.83 Å². The molecule has 0 atom stereocenters. The third-order valence-corrected chi connectivity index (χ3v) is 10.1. The van der Waals surface area contributed by atoms with Gasteiger partial charge in [-0.1, -0.05) is 152 Å². The minimum Gasteiger partial charge on any atom is -0.444 e. The predicted octanol–water partition coefficient (Wildman–Crippen LogP) is 13.1. The van der Waals surface area contributed by atoms with Gasteiger partial charge in [0, 0.05) is 11.1 Å². The summed E-state index contributed by atoms with van der Waals surface area (Å²) in [5.74, 6) is 1.50. The fourth-order valence-corrected chi connectivity index (χ4v) is 7.62. The Balaban J connectivity index is 1.16. The summed E-state index contributed by atoms with van der Waals surface area (Å²) in [6.45, 7) is 0. The van der Waals surface area contributed by atoms with Crippen LogP contribution >= 0.6 is 0 Å². The highest BCUT2D eigenvalue weighted by Crippen LogP contribution is 2.45. The van der Waals surface area contributed by atoms with Crippen LogP contribution in [0.15, 0.2) is 192 Å². The van der Waals surface area contributed by atoms with E-state index >= 15 is 0 Å². The molecule has 0 aliphatic carbocycles. The first-order valence-electron chi connectivity index (χ1n) is 17.3. The van der Waals surface area contributed by atoms with Crippen molar-refractivity contribution in [2.24, 2.45) is 0 Å². The number of nitrogens with zero attached hydrogens (tertiary/aromatic N) is 2. The summed E-state index contributed by atoms with van der Waals surface area (Å²) >= 11 is 0. The lowest BCUT2D eigenvalue weighted by atomic mass is 9.84. The molecule has 0 radical (unpaired) electrons. The van der Waals surface area contributed by atoms with E-state index in [9.17, 15) is 0 Å². The molecule has 0 bridgehead atoms. The summed E-state index contributed by atoms with van der Waals surface area (Å²) in [4.78, 5) is 8.23. The Morgan fingerprint density at radius 1 is 0.327 bits per heavy atom. The van der Waals surface area contributed by atoms with Gasteiger partial charge in [0.2, 0.25) is 0 Å². The van der Waals surface area contributed by atoms with Crippen LogP contribution in [0, 0.1) is 0 Å². The van der Waals surface area contributed by atoms with E-state index in [1.165, 1.54) is 78.5 Å². The number of fused-ring (bicyclic) bond motifs is 3. The van der Waals surface area contributed by atoms with E-state index in [2.05, 4.69) is 168 Å². The highest BCUT2D eigenvalue weighted by molar-refractivity contribution is 6.22. The van der Waals surface area contributed by atoms with E-state index in [0.717, 1.165) is 33.8 Å². The second-order valence-electron chi connectivity index (χ2n) is 13.0. The fraction of sp³-hybridized carbons (Fsp3) is 0. The fourth-order valence-electron chi connectivity index (χ4n) is 7.62. The summed E-state index contributed by atoms with van der Waals surface area (Å²) in [6, 6.07) is 56.9. The molecule has 0 aliphatic heterocycles. The van der Waals surface area contributed by atoms with Crippen molar-refractivity contribution >= 4 is 32.3 Å². The maximum Gasteiger partial charge on any atom is 0.181 e. The van der Waals surface area contributed by atoms with Crippen LogP contribution in [0.1, 0.15) is 0 Å². The first-order chi connectivity index (χ1) is 25.8. The van der Waals surface area contributed by atoms with E-state index in [1.807, 2.05) is 0 Å². The molecule has 0 unspecified atom stereocenters. The third kappa shape index (κ3) is 5.09. The Bertz CT molecular complexity index is 2850. The van der Waals surface area contributed by atoms with E-state index in [4.69, 9.17) is 8.83 Å². The topological polar surface area (TPSA) is 52.1 Å². The number of aromatic nitrogens is 2. The van der Waals surface area contributed by atoms with E-state index in [0.29, 0.717) is 0 Å². The second-order valence-corrected chi connectivity index (χ2v) is 13.0. The highest BCUT2D eigenvalue weighted by atomic mass is 16.3. The lowest BCUT2D eigenvalue weighted by Gasteiger charge is -2.19. The van der Waals surface area contributed by atoms with Gasteiger partial charge in [-0.3, -0.25) is 0 Å². The van der Waals surface area contributed by atoms with Gasteiger partial charge in [-0.2, -0.15) is 0 Å². The number of oxazole rings is 2. The first-order valence-corrected chi connectivity index (χ1v) is 17.3. The van der Waals surface area contributed by atoms with Gasteiger partial charge in [0.05, 0.1) is 12.4 Å². The molecular weight excluding hydrogens is 637 g/mol. The van der Waals surface area contributed by atoms with Crippen LogP contribution < -0.4 is 0 Å². The molecule has 0 saturated heterocycles.